The second-order valence-corrected chi connectivity index (χ2v) is 6.85. The number of aryl methyl sites for hydroxylation is 1. The monoisotopic (exact) mass is 356 g/mol. The lowest BCUT2D eigenvalue weighted by Crippen LogP contribution is -2.27. The van der Waals surface area contributed by atoms with E-state index in [9.17, 15) is 9.59 Å². The van der Waals surface area contributed by atoms with Crippen molar-refractivity contribution in [1.82, 2.24) is 19.5 Å². The predicted molar refractivity (Wildman–Crippen MR) is 98.5 cm³/mol. The fraction of sp³-hybridized carbons (Fsp3) is 0.294. The third-order valence-corrected chi connectivity index (χ3v) is 3.62. The number of nitrogen functional groups attached to an aromatic ring is 1. The van der Waals surface area contributed by atoms with Gasteiger partial charge in [-0.05, 0) is 45.4 Å². The molecule has 0 spiro atoms. The van der Waals surface area contributed by atoms with Gasteiger partial charge in [-0.3, -0.25) is 5.32 Å². The Morgan fingerprint density at radius 3 is 2.73 bits per heavy atom. The largest absolute Gasteiger partial charge is 0.444 e. The fourth-order valence-electron chi connectivity index (χ4n) is 2.47. The van der Waals surface area contributed by atoms with Gasteiger partial charge in [0.25, 0.3) is 0 Å². The van der Waals surface area contributed by atoms with Gasteiger partial charge in [0, 0.05) is 5.69 Å². The van der Waals surface area contributed by atoms with Crippen LogP contribution in [0, 0.1) is 6.92 Å². The number of rotatable bonds is 2. The zero-order valence-corrected chi connectivity index (χ0v) is 15.0. The third kappa shape index (κ3) is 3.37. The predicted octanol–water partition coefficient (Wildman–Crippen LogP) is 2.35. The number of carbonyl (C=O) groups excluding carboxylic acids is 1. The number of fused-ring (bicyclic) bond motifs is 1. The van der Waals surface area contributed by atoms with Crippen LogP contribution in [0.5, 0.6) is 0 Å². The summed E-state index contributed by atoms with van der Waals surface area (Å²) in [6.45, 7) is 7.19. The molecule has 2 aromatic heterocycles. The van der Waals surface area contributed by atoms with Crippen molar-refractivity contribution in [3.63, 3.8) is 0 Å². The molecule has 0 unspecified atom stereocenters. The van der Waals surface area contributed by atoms with Crippen molar-refractivity contribution >= 4 is 28.8 Å². The molecule has 136 valence electrons. The zero-order chi connectivity index (χ0) is 19.1. The summed E-state index contributed by atoms with van der Waals surface area (Å²) in [5, 5.41) is 2.70. The van der Waals surface area contributed by atoms with Gasteiger partial charge in [-0.2, -0.15) is 0 Å². The van der Waals surface area contributed by atoms with Crippen LogP contribution in [0.3, 0.4) is 0 Å². The number of benzene rings is 1. The first-order valence-electron chi connectivity index (χ1n) is 7.98. The van der Waals surface area contributed by atoms with E-state index in [4.69, 9.17) is 10.5 Å². The van der Waals surface area contributed by atoms with Gasteiger partial charge in [-0.1, -0.05) is 6.07 Å². The Balaban J connectivity index is 2.04. The average Bonchev–Trinajstić information content (AvgIpc) is 2.85. The van der Waals surface area contributed by atoms with E-state index in [1.165, 1.54) is 10.9 Å². The first-order valence-corrected chi connectivity index (χ1v) is 7.98. The van der Waals surface area contributed by atoms with Gasteiger partial charge in [0.15, 0.2) is 11.5 Å². The number of nitrogens with one attached hydrogen (secondary N) is 2. The number of H-pyrrole nitrogens is 1. The average molecular weight is 356 g/mol. The van der Waals surface area contributed by atoms with E-state index in [1.807, 2.05) is 6.92 Å². The van der Waals surface area contributed by atoms with Crippen molar-refractivity contribution in [2.24, 2.45) is 0 Å². The second-order valence-electron chi connectivity index (χ2n) is 6.85. The molecule has 0 aliphatic rings. The number of imidazole rings is 1. The first-order chi connectivity index (χ1) is 12.2. The summed E-state index contributed by atoms with van der Waals surface area (Å²) in [4.78, 5) is 35.1. The molecule has 0 aliphatic carbocycles. The molecule has 0 atom stereocenters. The Labute approximate surface area is 149 Å². The molecule has 0 radical (unpaired) electrons. The lowest BCUT2D eigenvalue weighted by molar-refractivity contribution is 0.0636. The topological polar surface area (TPSA) is 128 Å². The highest BCUT2D eigenvalue weighted by Crippen LogP contribution is 2.22. The summed E-state index contributed by atoms with van der Waals surface area (Å²) in [5.74, 6) is 0.185. The standard InChI is InChI=1S/C17H20N6O3/c1-9-5-6-10(7-11(9)21-16(25)26-17(2,3)4)23-14-12(22-15(23)24)13(18)19-8-20-14/h5-8H,1-4H3,(H,21,25)(H,22,24)(H2,18,19,20). The number of amides is 1. The van der Waals surface area contributed by atoms with Gasteiger partial charge in [0.1, 0.15) is 17.4 Å². The number of anilines is 2. The molecule has 9 heteroatoms. The van der Waals surface area contributed by atoms with Gasteiger partial charge in [0.05, 0.1) is 5.69 Å². The van der Waals surface area contributed by atoms with Crippen molar-refractivity contribution in [3.05, 3.63) is 40.6 Å². The number of aromatic amines is 1. The van der Waals surface area contributed by atoms with Gasteiger partial charge >= 0.3 is 11.8 Å². The van der Waals surface area contributed by atoms with Crippen LogP contribution in [0.2, 0.25) is 0 Å². The number of nitrogens with zero attached hydrogens (tertiary/aromatic N) is 3. The smallest absolute Gasteiger partial charge is 0.412 e. The highest BCUT2D eigenvalue weighted by atomic mass is 16.6. The fourth-order valence-corrected chi connectivity index (χ4v) is 2.47. The Morgan fingerprint density at radius 2 is 2.04 bits per heavy atom. The Kier molecular flexibility index (Phi) is 4.15. The van der Waals surface area contributed by atoms with Crippen LogP contribution < -0.4 is 16.7 Å². The Morgan fingerprint density at radius 1 is 1.31 bits per heavy atom. The van der Waals surface area contributed by atoms with E-state index >= 15 is 0 Å². The molecular weight excluding hydrogens is 336 g/mol. The minimum atomic E-state index is -0.613. The van der Waals surface area contributed by atoms with Crippen molar-refractivity contribution in [2.75, 3.05) is 11.1 Å². The van der Waals surface area contributed by atoms with E-state index < -0.39 is 17.4 Å². The number of ether oxygens (including phenoxy) is 1. The lowest BCUT2D eigenvalue weighted by Gasteiger charge is -2.20. The molecule has 1 aromatic carbocycles. The molecule has 4 N–H and O–H groups in total. The van der Waals surface area contributed by atoms with Gasteiger partial charge < -0.3 is 15.5 Å². The number of aromatic nitrogens is 4. The van der Waals surface area contributed by atoms with Crippen molar-refractivity contribution in [2.45, 2.75) is 33.3 Å². The minimum absolute atomic E-state index is 0.185. The van der Waals surface area contributed by atoms with Gasteiger partial charge in [-0.15, -0.1) is 0 Å². The van der Waals surface area contributed by atoms with E-state index in [2.05, 4.69) is 20.3 Å². The van der Waals surface area contributed by atoms with Crippen LogP contribution in [0.1, 0.15) is 26.3 Å². The van der Waals surface area contributed by atoms with Crippen LogP contribution in [-0.2, 0) is 4.74 Å². The van der Waals surface area contributed by atoms with Gasteiger partial charge in [0.2, 0.25) is 0 Å². The molecule has 1 amide bonds. The van der Waals surface area contributed by atoms with Crippen molar-refractivity contribution in [3.8, 4) is 5.69 Å². The highest BCUT2D eigenvalue weighted by Gasteiger charge is 2.18. The normalized spacial score (nSPS) is 11.5. The maximum absolute atomic E-state index is 12.4. The van der Waals surface area contributed by atoms with Crippen LogP contribution in [0.4, 0.5) is 16.3 Å². The van der Waals surface area contributed by atoms with Gasteiger partial charge in [-0.25, -0.2) is 24.1 Å². The molecule has 26 heavy (non-hydrogen) atoms. The first kappa shape index (κ1) is 17.5. The van der Waals surface area contributed by atoms with Crippen molar-refractivity contribution in [1.29, 1.82) is 0 Å². The molecule has 0 bridgehead atoms. The van der Waals surface area contributed by atoms with Crippen LogP contribution in [0.25, 0.3) is 16.9 Å². The third-order valence-electron chi connectivity index (χ3n) is 3.62. The molecule has 0 saturated carbocycles. The molecule has 3 rings (SSSR count). The van der Waals surface area contributed by atoms with E-state index in [0.717, 1.165) is 5.56 Å². The number of hydrogen-bond donors (Lipinski definition) is 3. The molecular formula is C17H20N6O3. The maximum atomic E-state index is 12.4. The van der Waals surface area contributed by atoms with E-state index in [-0.39, 0.29) is 5.82 Å². The van der Waals surface area contributed by atoms with Crippen LogP contribution in [-0.4, -0.2) is 31.2 Å². The second kappa shape index (κ2) is 6.17. The molecule has 2 heterocycles. The van der Waals surface area contributed by atoms with Crippen molar-refractivity contribution < 1.29 is 9.53 Å². The SMILES string of the molecule is Cc1ccc(-n2c(=O)[nH]c3c(N)ncnc32)cc1NC(=O)OC(C)(C)C. The Hall–Kier alpha value is -3.36. The molecule has 0 saturated heterocycles. The number of nitrogens with two attached hydrogens (primary N) is 1. The minimum Gasteiger partial charge on any atom is -0.444 e. The van der Waals surface area contributed by atoms with E-state index in [0.29, 0.717) is 22.5 Å². The number of carbonyl (C=O) groups is 1. The highest BCUT2D eigenvalue weighted by molar-refractivity contribution is 5.87. The summed E-state index contributed by atoms with van der Waals surface area (Å²) < 4.78 is 6.64. The van der Waals surface area contributed by atoms with Crippen LogP contribution >= 0.6 is 0 Å². The molecule has 9 nitrogen and oxygen atoms in total. The summed E-state index contributed by atoms with van der Waals surface area (Å²) in [6, 6.07) is 5.21. The number of hydrogen-bond acceptors (Lipinski definition) is 6. The quantitative estimate of drug-likeness (QED) is 0.646. The molecule has 3 aromatic rings. The summed E-state index contributed by atoms with van der Waals surface area (Å²) in [5.41, 5.74) is 7.36. The van der Waals surface area contributed by atoms with E-state index in [1.54, 1.807) is 39.0 Å². The van der Waals surface area contributed by atoms with Crippen LogP contribution in [0.15, 0.2) is 29.3 Å². The molecule has 0 aliphatic heterocycles. The summed E-state index contributed by atoms with van der Waals surface area (Å²) in [6.07, 6.45) is 0.714. The zero-order valence-electron chi connectivity index (χ0n) is 15.0. The Bertz CT molecular complexity index is 1040. The molecule has 0 fully saturated rings. The summed E-state index contributed by atoms with van der Waals surface area (Å²) in [7, 11) is 0. The lowest BCUT2D eigenvalue weighted by atomic mass is 10.1. The summed E-state index contributed by atoms with van der Waals surface area (Å²) >= 11 is 0. The maximum Gasteiger partial charge on any atom is 0.412 e.